The smallest absolute Gasteiger partial charge is 0.161 e. The van der Waals surface area contributed by atoms with E-state index in [2.05, 4.69) is 24.3 Å². The summed E-state index contributed by atoms with van der Waals surface area (Å²) >= 11 is 1.97. The van der Waals surface area contributed by atoms with Gasteiger partial charge in [0, 0.05) is 12.8 Å². The fraction of sp³-hybridized carbons (Fsp3) is 0.750. The van der Waals surface area contributed by atoms with Gasteiger partial charge in [0.1, 0.15) is 0 Å². The van der Waals surface area contributed by atoms with Crippen molar-refractivity contribution in [2.75, 3.05) is 25.2 Å². The van der Waals surface area contributed by atoms with Crippen LogP contribution in [0.2, 0.25) is 0 Å². The number of methoxy groups -OCH3 is 1. The van der Waals surface area contributed by atoms with Crippen LogP contribution in [0.15, 0.2) is 6.20 Å². The van der Waals surface area contributed by atoms with Crippen molar-refractivity contribution in [3.8, 4) is 5.75 Å². The highest BCUT2D eigenvalue weighted by Crippen LogP contribution is 2.26. The Bertz CT molecular complexity index is 328. The minimum absolute atomic E-state index is 0.305. The van der Waals surface area contributed by atoms with Crippen molar-refractivity contribution >= 4 is 11.8 Å². The van der Waals surface area contributed by atoms with Crippen LogP contribution in [-0.4, -0.2) is 34.9 Å². The molecule has 0 saturated heterocycles. The first-order chi connectivity index (χ1) is 8.24. The van der Waals surface area contributed by atoms with Crippen LogP contribution in [0.3, 0.4) is 0 Å². The predicted molar refractivity (Wildman–Crippen MR) is 73.8 cm³/mol. The molecule has 4 nitrogen and oxygen atoms in total. The normalized spacial score (nSPS) is 12.7. The molecule has 1 atom stereocenters. The molecule has 1 aromatic rings. The van der Waals surface area contributed by atoms with Crippen molar-refractivity contribution in [2.24, 2.45) is 7.05 Å². The van der Waals surface area contributed by atoms with Crippen molar-refractivity contribution < 1.29 is 4.74 Å². The number of aromatic nitrogens is 2. The second kappa shape index (κ2) is 7.61. The maximum absolute atomic E-state index is 5.37. The molecule has 0 aliphatic carbocycles. The van der Waals surface area contributed by atoms with E-state index in [-0.39, 0.29) is 0 Å². The first kappa shape index (κ1) is 14.4. The molecule has 5 heteroatoms. The van der Waals surface area contributed by atoms with Crippen LogP contribution in [0.25, 0.3) is 0 Å². The minimum Gasteiger partial charge on any atom is -0.493 e. The van der Waals surface area contributed by atoms with Gasteiger partial charge in [-0.3, -0.25) is 4.68 Å². The molecule has 0 aromatic carbocycles. The molecule has 17 heavy (non-hydrogen) atoms. The third-order valence-electron chi connectivity index (χ3n) is 2.58. The summed E-state index contributed by atoms with van der Waals surface area (Å²) in [6.45, 7) is 5.28. The molecular formula is C12H23N3OS. The van der Waals surface area contributed by atoms with Crippen LogP contribution < -0.4 is 10.1 Å². The summed E-state index contributed by atoms with van der Waals surface area (Å²) < 4.78 is 7.27. The van der Waals surface area contributed by atoms with E-state index in [1.165, 1.54) is 12.2 Å². The van der Waals surface area contributed by atoms with Crippen LogP contribution in [0.4, 0.5) is 0 Å². The first-order valence-corrected chi connectivity index (χ1v) is 7.27. The topological polar surface area (TPSA) is 39.1 Å². The number of hydrogen-bond acceptors (Lipinski definition) is 4. The van der Waals surface area contributed by atoms with Gasteiger partial charge in [-0.1, -0.05) is 13.8 Å². The predicted octanol–water partition coefficient (Wildman–Crippen LogP) is 2.22. The molecule has 1 N–H and O–H groups in total. The summed E-state index contributed by atoms with van der Waals surface area (Å²) in [5.74, 6) is 3.12. The molecule has 0 saturated carbocycles. The molecule has 1 rings (SSSR count). The zero-order chi connectivity index (χ0) is 12.7. The Hall–Kier alpha value is -0.680. The third kappa shape index (κ3) is 3.92. The lowest BCUT2D eigenvalue weighted by Crippen LogP contribution is -2.25. The van der Waals surface area contributed by atoms with E-state index in [0.717, 1.165) is 23.7 Å². The van der Waals surface area contributed by atoms with Gasteiger partial charge in [-0.25, -0.2) is 0 Å². The van der Waals surface area contributed by atoms with Crippen LogP contribution >= 0.6 is 11.8 Å². The van der Waals surface area contributed by atoms with Gasteiger partial charge in [-0.05, 0) is 18.7 Å². The van der Waals surface area contributed by atoms with E-state index >= 15 is 0 Å². The van der Waals surface area contributed by atoms with Gasteiger partial charge < -0.3 is 10.1 Å². The number of ether oxygens (including phenoxy) is 1. The standard InChI is InChI=1S/C12H23N3OS/c1-5-7-17-9-10(13-6-2)12-11(16-4)8-14-15(12)3/h8,10,13H,5-7,9H2,1-4H3. The maximum atomic E-state index is 5.37. The number of nitrogens with one attached hydrogen (secondary N) is 1. The number of hydrogen-bond donors (Lipinski definition) is 1. The Labute approximate surface area is 108 Å². The van der Waals surface area contributed by atoms with E-state index in [1.807, 2.05) is 23.5 Å². The Morgan fingerprint density at radius 1 is 1.53 bits per heavy atom. The van der Waals surface area contributed by atoms with Crippen molar-refractivity contribution in [3.63, 3.8) is 0 Å². The quantitative estimate of drug-likeness (QED) is 0.725. The van der Waals surface area contributed by atoms with Gasteiger partial charge in [0.15, 0.2) is 5.75 Å². The van der Waals surface area contributed by atoms with Gasteiger partial charge in [0.25, 0.3) is 0 Å². The molecule has 98 valence electrons. The van der Waals surface area contributed by atoms with E-state index in [4.69, 9.17) is 4.74 Å². The average Bonchev–Trinajstić information content (AvgIpc) is 2.69. The lowest BCUT2D eigenvalue weighted by molar-refractivity contribution is 0.399. The van der Waals surface area contributed by atoms with Crippen molar-refractivity contribution in [1.29, 1.82) is 0 Å². The van der Waals surface area contributed by atoms with Crippen LogP contribution in [-0.2, 0) is 7.05 Å². The molecule has 1 heterocycles. The highest BCUT2D eigenvalue weighted by atomic mass is 32.2. The number of thioether (sulfide) groups is 1. The number of nitrogens with zero attached hydrogens (tertiary/aromatic N) is 2. The molecule has 0 aliphatic rings. The third-order valence-corrected chi connectivity index (χ3v) is 3.85. The fourth-order valence-corrected chi connectivity index (χ4v) is 2.77. The highest BCUT2D eigenvalue weighted by molar-refractivity contribution is 7.99. The van der Waals surface area contributed by atoms with Gasteiger partial charge >= 0.3 is 0 Å². The van der Waals surface area contributed by atoms with Crippen molar-refractivity contribution in [1.82, 2.24) is 15.1 Å². The van der Waals surface area contributed by atoms with E-state index in [0.29, 0.717) is 6.04 Å². The zero-order valence-electron chi connectivity index (χ0n) is 11.2. The second-order valence-electron chi connectivity index (χ2n) is 3.91. The van der Waals surface area contributed by atoms with E-state index in [9.17, 15) is 0 Å². The summed E-state index contributed by atoms with van der Waals surface area (Å²) in [7, 11) is 3.66. The largest absolute Gasteiger partial charge is 0.493 e. The van der Waals surface area contributed by atoms with Crippen molar-refractivity contribution in [2.45, 2.75) is 26.3 Å². The van der Waals surface area contributed by atoms with Gasteiger partial charge in [0.05, 0.1) is 25.0 Å². The maximum Gasteiger partial charge on any atom is 0.161 e. The number of rotatable bonds is 8. The lowest BCUT2D eigenvalue weighted by Gasteiger charge is -2.19. The minimum atomic E-state index is 0.305. The molecule has 1 unspecified atom stereocenters. The van der Waals surface area contributed by atoms with E-state index < -0.39 is 0 Å². The molecule has 0 spiro atoms. The Balaban J connectivity index is 2.76. The summed E-state index contributed by atoms with van der Waals surface area (Å²) in [5.41, 5.74) is 1.14. The summed E-state index contributed by atoms with van der Waals surface area (Å²) in [6, 6.07) is 0.305. The first-order valence-electron chi connectivity index (χ1n) is 6.11. The molecule has 0 aliphatic heterocycles. The Kier molecular flexibility index (Phi) is 6.44. The molecular weight excluding hydrogens is 234 g/mol. The van der Waals surface area contributed by atoms with Crippen LogP contribution in [0.1, 0.15) is 32.0 Å². The summed E-state index contributed by atoms with van der Waals surface area (Å²) in [4.78, 5) is 0. The summed E-state index contributed by atoms with van der Waals surface area (Å²) in [6.07, 6.45) is 3.00. The monoisotopic (exact) mass is 257 g/mol. The highest BCUT2D eigenvalue weighted by Gasteiger charge is 2.19. The molecule has 0 amide bonds. The van der Waals surface area contributed by atoms with Crippen LogP contribution in [0.5, 0.6) is 5.75 Å². The molecule has 0 fully saturated rings. The Morgan fingerprint density at radius 3 is 2.88 bits per heavy atom. The second-order valence-corrected chi connectivity index (χ2v) is 5.06. The summed E-state index contributed by atoms with van der Waals surface area (Å²) in [5, 5.41) is 7.76. The van der Waals surface area contributed by atoms with Gasteiger partial charge in [-0.2, -0.15) is 16.9 Å². The van der Waals surface area contributed by atoms with Crippen molar-refractivity contribution in [3.05, 3.63) is 11.9 Å². The van der Waals surface area contributed by atoms with E-state index in [1.54, 1.807) is 13.3 Å². The molecule has 0 radical (unpaired) electrons. The molecule has 1 aromatic heterocycles. The Morgan fingerprint density at radius 2 is 2.29 bits per heavy atom. The fourth-order valence-electron chi connectivity index (χ4n) is 1.81. The molecule has 0 bridgehead atoms. The number of aryl methyl sites for hydroxylation is 1. The zero-order valence-corrected chi connectivity index (χ0v) is 12.0. The van der Waals surface area contributed by atoms with Gasteiger partial charge in [0.2, 0.25) is 0 Å². The lowest BCUT2D eigenvalue weighted by atomic mass is 10.2. The average molecular weight is 257 g/mol. The van der Waals surface area contributed by atoms with Crippen LogP contribution in [0, 0.1) is 0 Å². The SMILES string of the molecule is CCCSCC(NCC)c1c(OC)cnn1C. The van der Waals surface area contributed by atoms with Gasteiger partial charge in [-0.15, -0.1) is 0 Å².